The third-order valence-electron chi connectivity index (χ3n) is 7.29. The lowest BCUT2D eigenvalue weighted by molar-refractivity contribution is -0.128. The zero-order valence-corrected chi connectivity index (χ0v) is 21.5. The number of aryl methyl sites for hydroxylation is 1. The molecule has 0 bridgehead atoms. The molecule has 1 saturated heterocycles. The summed E-state index contributed by atoms with van der Waals surface area (Å²) >= 11 is 0. The molecule has 3 heterocycles. The molecule has 8 heteroatoms. The molecule has 0 radical (unpaired) electrons. The molecule has 3 aromatic rings. The number of amides is 1. The number of aromatic nitrogens is 2. The lowest BCUT2D eigenvalue weighted by Gasteiger charge is -2.42. The number of fused-ring (bicyclic) bond motifs is 2. The molecule has 2 aromatic carbocycles. The first-order chi connectivity index (χ1) is 18.0. The van der Waals surface area contributed by atoms with E-state index in [0.29, 0.717) is 38.8 Å². The Morgan fingerprint density at radius 2 is 2.00 bits per heavy atom. The van der Waals surface area contributed by atoms with Gasteiger partial charge in [-0.05, 0) is 43.4 Å². The van der Waals surface area contributed by atoms with E-state index in [1.54, 1.807) is 4.90 Å². The molecule has 1 fully saturated rings. The maximum Gasteiger partial charge on any atom is 0.318 e. The summed E-state index contributed by atoms with van der Waals surface area (Å²) < 4.78 is 5.79. The smallest absolute Gasteiger partial charge is 0.318 e. The number of ether oxygens (including phenoxy) is 1. The molecule has 2 aliphatic rings. The fraction of sp³-hybridized carbons (Fsp3) is 0.379. The first-order valence-electron chi connectivity index (χ1n) is 12.8. The highest BCUT2D eigenvalue weighted by Crippen LogP contribution is 2.35. The maximum atomic E-state index is 12.4. The minimum Gasteiger partial charge on any atom is -0.464 e. The summed E-state index contributed by atoms with van der Waals surface area (Å²) in [7, 11) is 0. The van der Waals surface area contributed by atoms with Gasteiger partial charge >= 0.3 is 6.01 Å². The van der Waals surface area contributed by atoms with Crippen LogP contribution in [-0.2, 0) is 17.8 Å². The molecule has 0 saturated carbocycles. The monoisotopic (exact) mass is 496 g/mol. The van der Waals surface area contributed by atoms with Crippen LogP contribution < -0.4 is 14.5 Å². The number of nitrogens with zero attached hydrogens (tertiary/aromatic N) is 6. The summed E-state index contributed by atoms with van der Waals surface area (Å²) in [4.78, 5) is 28.3. The minimum absolute atomic E-state index is 0.138. The molecule has 2 aliphatic heterocycles. The van der Waals surface area contributed by atoms with Gasteiger partial charge in [0.05, 0.1) is 37.4 Å². The second-order valence-electron chi connectivity index (χ2n) is 9.51. The van der Waals surface area contributed by atoms with Crippen molar-refractivity contribution in [1.82, 2.24) is 14.9 Å². The average molecular weight is 497 g/mol. The molecule has 1 amide bonds. The van der Waals surface area contributed by atoms with Gasteiger partial charge in [-0.25, -0.2) is 0 Å². The highest BCUT2D eigenvalue weighted by Gasteiger charge is 2.33. The third kappa shape index (κ3) is 4.69. The second kappa shape index (κ2) is 10.5. The van der Waals surface area contributed by atoms with Crippen molar-refractivity contribution in [2.75, 3.05) is 42.6 Å². The molecule has 1 aromatic heterocycles. The van der Waals surface area contributed by atoms with Gasteiger partial charge in [0.15, 0.2) is 0 Å². The highest BCUT2D eigenvalue weighted by molar-refractivity contribution is 5.97. The molecular weight excluding hydrogens is 464 g/mol. The van der Waals surface area contributed by atoms with Crippen LogP contribution in [0.2, 0.25) is 0 Å². The number of nitriles is 1. The summed E-state index contributed by atoms with van der Waals surface area (Å²) in [5.74, 6) is 0.719. The quantitative estimate of drug-likeness (QED) is 0.477. The molecule has 0 unspecified atom stereocenters. The Labute approximate surface area is 217 Å². The molecule has 8 nitrogen and oxygen atoms in total. The van der Waals surface area contributed by atoms with Gasteiger partial charge in [-0.15, -0.1) is 0 Å². The standard InChI is InChI=1S/C29H32N6O2/c1-4-26(36)35-17-16-34(18-22(35)12-14-30)28-23-13-15-33(19-24(23)31-29(32-28)37-5-2)25-11-7-10-21-9-6-8-20(3)27(21)25/h4,6-11,22H,1,5,12-13,15-19H2,2-3H3/t22-/m0/s1. The summed E-state index contributed by atoms with van der Waals surface area (Å²) in [6.45, 7) is 11.4. The van der Waals surface area contributed by atoms with Crippen LogP contribution in [0.3, 0.4) is 0 Å². The molecule has 37 heavy (non-hydrogen) atoms. The number of piperazine rings is 1. The number of benzene rings is 2. The van der Waals surface area contributed by atoms with E-state index in [0.717, 1.165) is 30.0 Å². The molecule has 0 spiro atoms. The molecule has 5 rings (SSSR count). The van der Waals surface area contributed by atoms with Crippen LogP contribution in [0.5, 0.6) is 6.01 Å². The number of anilines is 2. The van der Waals surface area contributed by atoms with E-state index in [2.05, 4.69) is 65.8 Å². The van der Waals surface area contributed by atoms with Crippen molar-refractivity contribution in [3.63, 3.8) is 0 Å². The van der Waals surface area contributed by atoms with Crippen LogP contribution in [0, 0.1) is 18.3 Å². The lowest BCUT2D eigenvalue weighted by atomic mass is 9.99. The highest BCUT2D eigenvalue weighted by atomic mass is 16.5. The van der Waals surface area contributed by atoms with Crippen molar-refractivity contribution in [2.45, 2.75) is 39.3 Å². The number of carbonyl (C=O) groups is 1. The summed E-state index contributed by atoms with van der Waals surface area (Å²) in [6, 6.07) is 15.3. The zero-order valence-electron chi connectivity index (χ0n) is 21.5. The second-order valence-corrected chi connectivity index (χ2v) is 9.51. The van der Waals surface area contributed by atoms with Crippen molar-refractivity contribution < 1.29 is 9.53 Å². The van der Waals surface area contributed by atoms with Gasteiger partial charge < -0.3 is 19.4 Å². The minimum atomic E-state index is -0.218. The van der Waals surface area contributed by atoms with Crippen molar-refractivity contribution in [3.8, 4) is 12.1 Å². The van der Waals surface area contributed by atoms with E-state index >= 15 is 0 Å². The SMILES string of the molecule is C=CC(=O)N1CCN(c2nc(OCC)nc3c2CCN(c2cccc4cccc(C)c24)C3)C[C@@H]1CC#N. The summed E-state index contributed by atoms with van der Waals surface area (Å²) in [5, 5.41) is 11.9. The van der Waals surface area contributed by atoms with Crippen LogP contribution in [0.25, 0.3) is 10.8 Å². The Morgan fingerprint density at radius 3 is 2.76 bits per heavy atom. The van der Waals surface area contributed by atoms with Gasteiger partial charge in [0.2, 0.25) is 5.91 Å². The first kappa shape index (κ1) is 24.6. The summed E-state index contributed by atoms with van der Waals surface area (Å²) in [5.41, 5.74) is 4.56. The molecule has 190 valence electrons. The van der Waals surface area contributed by atoms with Crippen molar-refractivity contribution in [2.24, 2.45) is 0 Å². The van der Waals surface area contributed by atoms with Crippen molar-refractivity contribution in [3.05, 3.63) is 65.9 Å². The number of hydrogen-bond donors (Lipinski definition) is 0. The van der Waals surface area contributed by atoms with Gasteiger partial charge in [0.25, 0.3) is 0 Å². The average Bonchev–Trinajstić information content (AvgIpc) is 2.92. The van der Waals surface area contributed by atoms with Crippen molar-refractivity contribution in [1.29, 1.82) is 5.26 Å². The number of rotatable bonds is 6. The number of carbonyl (C=O) groups excluding carboxylic acids is 1. The predicted octanol–water partition coefficient (Wildman–Crippen LogP) is 4.02. The fourth-order valence-electron chi connectivity index (χ4n) is 5.55. The van der Waals surface area contributed by atoms with E-state index in [4.69, 9.17) is 14.7 Å². The predicted molar refractivity (Wildman–Crippen MR) is 145 cm³/mol. The van der Waals surface area contributed by atoms with Crippen LogP contribution in [0.15, 0.2) is 49.1 Å². The molecule has 1 atom stereocenters. The Hall–Kier alpha value is -4.12. The third-order valence-corrected chi connectivity index (χ3v) is 7.29. The van der Waals surface area contributed by atoms with Crippen LogP contribution in [-0.4, -0.2) is 59.6 Å². The van der Waals surface area contributed by atoms with E-state index in [1.165, 1.54) is 28.1 Å². The Bertz CT molecular complexity index is 1380. The normalized spacial score (nSPS) is 17.3. The van der Waals surface area contributed by atoms with E-state index in [9.17, 15) is 10.1 Å². The van der Waals surface area contributed by atoms with Crippen LogP contribution in [0.1, 0.15) is 30.2 Å². The Morgan fingerprint density at radius 1 is 1.19 bits per heavy atom. The first-order valence-corrected chi connectivity index (χ1v) is 12.8. The maximum absolute atomic E-state index is 12.4. The van der Waals surface area contributed by atoms with E-state index in [-0.39, 0.29) is 18.4 Å². The van der Waals surface area contributed by atoms with Crippen molar-refractivity contribution >= 4 is 28.2 Å². The molecular formula is C29H32N6O2. The Kier molecular flexibility index (Phi) is 6.95. The van der Waals surface area contributed by atoms with Crippen LogP contribution >= 0.6 is 0 Å². The van der Waals surface area contributed by atoms with Gasteiger partial charge in [-0.1, -0.05) is 36.9 Å². The van der Waals surface area contributed by atoms with Gasteiger partial charge in [0, 0.05) is 42.8 Å². The van der Waals surface area contributed by atoms with E-state index in [1.807, 2.05) is 6.92 Å². The zero-order chi connectivity index (χ0) is 25.9. The largest absolute Gasteiger partial charge is 0.464 e. The van der Waals surface area contributed by atoms with Gasteiger partial charge in [0.1, 0.15) is 5.82 Å². The van der Waals surface area contributed by atoms with Crippen LogP contribution in [0.4, 0.5) is 11.5 Å². The molecule has 0 N–H and O–H groups in total. The number of hydrogen-bond acceptors (Lipinski definition) is 7. The fourth-order valence-corrected chi connectivity index (χ4v) is 5.55. The molecule has 0 aliphatic carbocycles. The van der Waals surface area contributed by atoms with E-state index < -0.39 is 0 Å². The Balaban J connectivity index is 1.50. The topological polar surface area (TPSA) is 85.6 Å². The summed E-state index contributed by atoms with van der Waals surface area (Å²) in [6.07, 6.45) is 2.38. The van der Waals surface area contributed by atoms with Gasteiger partial charge in [-0.2, -0.15) is 15.2 Å². The lowest BCUT2D eigenvalue weighted by Crippen LogP contribution is -2.55. The van der Waals surface area contributed by atoms with Gasteiger partial charge in [-0.3, -0.25) is 4.79 Å².